The molecule has 0 saturated heterocycles. The Morgan fingerprint density at radius 3 is 2.29 bits per heavy atom. The lowest BCUT2D eigenvalue weighted by Crippen LogP contribution is -2.45. The monoisotopic (exact) mass is 244 g/mol. The highest BCUT2D eigenvalue weighted by molar-refractivity contribution is 5.81. The van der Waals surface area contributed by atoms with E-state index < -0.39 is 0 Å². The molecule has 1 atom stereocenters. The Morgan fingerprint density at radius 2 is 1.76 bits per heavy atom. The smallest absolute Gasteiger partial charge is 0.316 e. The summed E-state index contributed by atoms with van der Waals surface area (Å²) >= 11 is 0. The van der Waals surface area contributed by atoms with Crippen molar-refractivity contribution in [3.63, 3.8) is 0 Å². The van der Waals surface area contributed by atoms with Crippen LogP contribution in [0.25, 0.3) is 0 Å². The van der Waals surface area contributed by atoms with Crippen LogP contribution in [0.5, 0.6) is 0 Å². The van der Waals surface area contributed by atoms with Crippen molar-refractivity contribution in [1.82, 2.24) is 20.9 Å². The molecule has 0 aromatic heterocycles. The molecule has 0 saturated carbocycles. The summed E-state index contributed by atoms with van der Waals surface area (Å²) in [5, 5.41) is 8.56. The van der Waals surface area contributed by atoms with Crippen molar-refractivity contribution in [2.24, 2.45) is 0 Å². The molecule has 0 fully saturated rings. The van der Waals surface area contributed by atoms with Crippen LogP contribution < -0.4 is 16.0 Å². The number of amides is 3. The number of carbonyl (C=O) groups is 2. The van der Waals surface area contributed by atoms with Crippen LogP contribution in [0.2, 0.25) is 0 Å². The lowest BCUT2D eigenvalue weighted by Gasteiger charge is -2.15. The number of urea groups is 1. The van der Waals surface area contributed by atoms with E-state index >= 15 is 0 Å². The van der Waals surface area contributed by atoms with Crippen LogP contribution >= 0.6 is 0 Å². The van der Waals surface area contributed by atoms with Gasteiger partial charge in [-0.3, -0.25) is 4.79 Å². The Labute approximate surface area is 103 Å². The fourth-order valence-electron chi connectivity index (χ4n) is 1.11. The third kappa shape index (κ3) is 7.57. The molecule has 0 aliphatic heterocycles. The molecule has 3 N–H and O–H groups in total. The van der Waals surface area contributed by atoms with Gasteiger partial charge in [-0.1, -0.05) is 6.92 Å². The zero-order valence-electron chi connectivity index (χ0n) is 11.2. The minimum atomic E-state index is -0.238. The Kier molecular flexibility index (Phi) is 8.13. The van der Waals surface area contributed by atoms with Crippen molar-refractivity contribution in [3.8, 4) is 0 Å². The quantitative estimate of drug-likeness (QED) is 0.541. The minimum absolute atomic E-state index is 0.00853. The summed E-state index contributed by atoms with van der Waals surface area (Å²) in [5.41, 5.74) is 0. The molecule has 1 unspecified atom stereocenters. The third-order valence-electron chi connectivity index (χ3n) is 2.20. The van der Waals surface area contributed by atoms with E-state index in [0.29, 0.717) is 19.6 Å². The van der Waals surface area contributed by atoms with Gasteiger partial charge in [-0.2, -0.15) is 0 Å². The number of carbonyl (C=O) groups excluding carboxylic acids is 2. The summed E-state index contributed by atoms with van der Waals surface area (Å²) in [6.45, 7) is 5.58. The number of nitrogens with one attached hydrogen (secondary N) is 3. The summed E-state index contributed by atoms with van der Waals surface area (Å²) in [7, 11) is 3.37. The van der Waals surface area contributed by atoms with Gasteiger partial charge >= 0.3 is 6.03 Å². The fourth-order valence-corrected chi connectivity index (χ4v) is 1.11. The molecule has 100 valence electrons. The lowest BCUT2D eigenvalue weighted by atomic mass is 10.3. The van der Waals surface area contributed by atoms with E-state index in [2.05, 4.69) is 16.0 Å². The molecule has 0 bridgehead atoms. The molecule has 0 rings (SSSR count). The maximum Gasteiger partial charge on any atom is 0.316 e. The van der Waals surface area contributed by atoms with E-state index in [-0.39, 0.29) is 18.0 Å². The first-order valence-corrected chi connectivity index (χ1v) is 5.95. The predicted octanol–water partition coefficient (Wildman–Crippen LogP) is -0.238. The van der Waals surface area contributed by atoms with Gasteiger partial charge in [-0.05, 0) is 13.3 Å². The van der Waals surface area contributed by atoms with Crippen LogP contribution in [0.15, 0.2) is 0 Å². The summed E-state index contributed by atoms with van der Waals surface area (Å²) in [6, 6.07) is -0.368. The molecule has 17 heavy (non-hydrogen) atoms. The zero-order chi connectivity index (χ0) is 13.3. The van der Waals surface area contributed by atoms with Crippen LogP contribution in [0.3, 0.4) is 0 Å². The number of rotatable bonds is 7. The van der Waals surface area contributed by atoms with E-state index in [9.17, 15) is 9.59 Å². The SMILES string of the molecule is CCCNC(=O)C(C)NCCNC(=O)N(C)C. The van der Waals surface area contributed by atoms with Crippen LogP contribution in [0.1, 0.15) is 20.3 Å². The first-order valence-electron chi connectivity index (χ1n) is 5.95. The van der Waals surface area contributed by atoms with Crippen LogP contribution in [0.4, 0.5) is 4.79 Å². The van der Waals surface area contributed by atoms with E-state index in [1.54, 1.807) is 21.0 Å². The van der Waals surface area contributed by atoms with Gasteiger partial charge in [0.2, 0.25) is 5.91 Å². The maximum absolute atomic E-state index is 11.5. The first-order chi connectivity index (χ1) is 7.99. The molecule has 0 aliphatic rings. The highest BCUT2D eigenvalue weighted by Crippen LogP contribution is 1.82. The maximum atomic E-state index is 11.5. The molecule has 0 aromatic rings. The summed E-state index contributed by atoms with van der Waals surface area (Å²) < 4.78 is 0. The van der Waals surface area contributed by atoms with E-state index in [4.69, 9.17) is 0 Å². The molecule has 0 heterocycles. The Bertz CT molecular complexity index is 244. The van der Waals surface area contributed by atoms with Gasteiger partial charge in [-0.15, -0.1) is 0 Å². The summed E-state index contributed by atoms with van der Waals surface area (Å²) in [4.78, 5) is 24.1. The predicted molar refractivity (Wildman–Crippen MR) is 67.9 cm³/mol. The standard InChI is InChI=1S/C11H24N4O2/c1-5-6-13-10(16)9(2)12-7-8-14-11(17)15(3)4/h9,12H,5-8H2,1-4H3,(H,13,16)(H,14,17). The van der Waals surface area contributed by atoms with Crippen molar-refractivity contribution >= 4 is 11.9 Å². The zero-order valence-corrected chi connectivity index (χ0v) is 11.2. The molecular weight excluding hydrogens is 220 g/mol. The molecule has 0 aromatic carbocycles. The molecule has 3 amide bonds. The van der Waals surface area contributed by atoms with Crippen molar-refractivity contribution in [1.29, 1.82) is 0 Å². The third-order valence-corrected chi connectivity index (χ3v) is 2.20. The Hall–Kier alpha value is -1.30. The molecule has 0 radical (unpaired) electrons. The number of hydrogen-bond acceptors (Lipinski definition) is 3. The van der Waals surface area contributed by atoms with Gasteiger partial charge in [-0.25, -0.2) is 4.79 Å². The van der Waals surface area contributed by atoms with E-state index in [0.717, 1.165) is 6.42 Å². The van der Waals surface area contributed by atoms with Crippen molar-refractivity contribution in [2.75, 3.05) is 33.7 Å². The van der Waals surface area contributed by atoms with Gasteiger partial charge in [0.15, 0.2) is 0 Å². The fraction of sp³-hybridized carbons (Fsp3) is 0.818. The first kappa shape index (κ1) is 15.7. The van der Waals surface area contributed by atoms with Crippen LogP contribution in [0, 0.1) is 0 Å². The second-order valence-electron chi connectivity index (χ2n) is 4.09. The van der Waals surface area contributed by atoms with Gasteiger partial charge in [0.1, 0.15) is 0 Å². The molecule has 0 aliphatic carbocycles. The highest BCUT2D eigenvalue weighted by atomic mass is 16.2. The average molecular weight is 244 g/mol. The second kappa shape index (κ2) is 8.81. The number of hydrogen-bond donors (Lipinski definition) is 3. The lowest BCUT2D eigenvalue weighted by molar-refractivity contribution is -0.122. The van der Waals surface area contributed by atoms with Crippen LogP contribution in [-0.4, -0.2) is 56.6 Å². The Morgan fingerprint density at radius 1 is 1.12 bits per heavy atom. The Balaban J connectivity index is 3.60. The van der Waals surface area contributed by atoms with Crippen molar-refractivity contribution in [2.45, 2.75) is 26.3 Å². The van der Waals surface area contributed by atoms with Gasteiger partial charge < -0.3 is 20.9 Å². The molecule has 6 heteroatoms. The molecular formula is C11H24N4O2. The van der Waals surface area contributed by atoms with Gasteiger partial charge in [0.25, 0.3) is 0 Å². The normalized spacial score (nSPS) is 11.8. The van der Waals surface area contributed by atoms with E-state index in [1.807, 2.05) is 6.92 Å². The average Bonchev–Trinajstić information content (AvgIpc) is 2.30. The van der Waals surface area contributed by atoms with Crippen LogP contribution in [-0.2, 0) is 4.79 Å². The van der Waals surface area contributed by atoms with Crippen molar-refractivity contribution in [3.05, 3.63) is 0 Å². The van der Waals surface area contributed by atoms with Crippen molar-refractivity contribution < 1.29 is 9.59 Å². The summed E-state index contributed by atoms with van der Waals surface area (Å²) in [5.74, 6) is -0.00853. The van der Waals surface area contributed by atoms with E-state index in [1.165, 1.54) is 4.90 Å². The topological polar surface area (TPSA) is 73.5 Å². The van der Waals surface area contributed by atoms with Gasteiger partial charge in [0, 0.05) is 33.7 Å². The summed E-state index contributed by atoms with van der Waals surface area (Å²) in [6.07, 6.45) is 0.928. The highest BCUT2D eigenvalue weighted by Gasteiger charge is 2.10. The number of nitrogens with zero attached hydrogens (tertiary/aromatic N) is 1. The molecule has 6 nitrogen and oxygen atoms in total. The minimum Gasteiger partial charge on any atom is -0.355 e. The second-order valence-corrected chi connectivity index (χ2v) is 4.09. The largest absolute Gasteiger partial charge is 0.355 e. The molecule has 0 spiro atoms. The van der Waals surface area contributed by atoms with Gasteiger partial charge in [0.05, 0.1) is 6.04 Å².